The van der Waals surface area contributed by atoms with Gasteiger partial charge < -0.3 is 0 Å². The van der Waals surface area contributed by atoms with E-state index in [9.17, 15) is 0 Å². The first-order valence-corrected chi connectivity index (χ1v) is 7.13. The van der Waals surface area contributed by atoms with Crippen LogP contribution in [0.15, 0.2) is 0 Å². The molecule has 47 valence electrons. The molecule has 0 bridgehead atoms. The minimum Gasteiger partial charge on any atom is -0.167 e. The van der Waals surface area contributed by atoms with Crippen molar-refractivity contribution in [3.05, 3.63) is 0 Å². The highest BCUT2D eigenvalue weighted by Gasteiger charge is 2.26. The van der Waals surface area contributed by atoms with Gasteiger partial charge in [-0.2, -0.15) is 11.1 Å². The lowest BCUT2D eigenvalue weighted by atomic mass is 9.86. The number of rotatable bonds is 2. The van der Waals surface area contributed by atoms with E-state index in [-0.39, 0.29) is 4.90 Å². The molecule has 0 aromatic rings. The second kappa shape index (κ2) is 3.14. The summed E-state index contributed by atoms with van der Waals surface area (Å²) in [7, 11) is 0.367. The van der Waals surface area contributed by atoms with Crippen LogP contribution in [0, 0.1) is 0 Å². The molecule has 1 unspecified atom stereocenters. The molecule has 0 aliphatic carbocycles. The minimum atomic E-state index is -1.58. The third-order valence-electron chi connectivity index (χ3n) is 0.948. The first kappa shape index (κ1) is 8.86. The van der Waals surface area contributed by atoms with Gasteiger partial charge in [0.15, 0.2) is 7.38 Å². The molecule has 8 heavy (non-hydrogen) atoms. The molecule has 0 rings (SSSR count). The third-order valence-corrected chi connectivity index (χ3v) is 5.52. The fourth-order valence-corrected chi connectivity index (χ4v) is 1.57. The average molecular weight is 168 g/mol. The van der Waals surface area contributed by atoms with E-state index >= 15 is 0 Å². The van der Waals surface area contributed by atoms with E-state index in [4.69, 9.17) is 22.7 Å². The van der Waals surface area contributed by atoms with E-state index in [1.165, 1.54) is 0 Å². The van der Waals surface area contributed by atoms with Crippen LogP contribution in [0.2, 0.25) is 19.9 Å². The number of halogens is 2. The van der Waals surface area contributed by atoms with E-state index in [2.05, 4.69) is 0 Å². The Kier molecular flexibility index (Phi) is 3.48. The van der Waals surface area contributed by atoms with E-state index in [1.807, 2.05) is 27.2 Å². The van der Waals surface area contributed by atoms with Crippen molar-refractivity contribution in [2.75, 3.05) is 0 Å². The van der Waals surface area contributed by atoms with Gasteiger partial charge in [-0.1, -0.05) is 19.9 Å². The molecule has 0 aliphatic rings. The predicted octanol–water partition coefficient (Wildman–Crippen LogP) is 2.29. The van der Waals surface area contributed by atoms with Crippen molar-refractivity contribution in [1.82, 2.24) is 0 Å². The van der Waals surface area contributed by atoms with Gasteiger partial charge in [-0.15, -0.1) is 11.6 Å². The van der Waals surface area contributed by atoms with E-state index in [0.717, 1.165) is 0 Å². The second-order valence-electron chi connectivity index (χ2n) is 2.30. The van der Waals surface area contributed by atoms with E-state index in [1.54, 1.807) is 0 Å². The Morgan fingerprint density at radius 2 is 1.88 bits per heavy atom. The summed E-state index contributed by atoms with van der Waals surface area (Å²) >= 11 is 11.8. The Morgan fingerprint density at radius 1 is 1.50 bits per heavy atom. The molecular weight excluding hydrogens is 158 g/mol. The Balaban J connectivity index is 3.62. The molecule has 4 heteroatoms. The molecule has 1 radical (unpaired) electrons. The lowest BCUT2D eigenvalue weighted by molar-refractivity contribution is 1.66. The van der Waals surface area contributed by atoms with Crippen molar-refractivity contribution in [2.24, 2.45) is 0 Å². The summed E-state index contributed by atoms with van der Waals surface area (Å²) in [6.45, 7) is 6.01. The summed E-state index contributed by atoms with van der Waals surface area (Å²) in [4.78, 5) is 0.101. The van der Waals surface area contributed by atoms with Crippen LogP contribution in [-0.4, -0.2) is 19.6 Å². The number of alkyl halides is 1. The van der Waals surface area contributed by atoms with E-state index < -0.39 is 7.38 Å². The highest BCUT2D eigenvalue weighted by atomic mass is 35.6. The summed E-state index contributed by atoms with van der Waals surface area (Å²) in [6.07, 6.45) is 0. The standard InChI is InChI=1S/C4H10BCl2Si/c1-5-4(6)8(2,3)7/h4H,1-3H3. The first-order chi connectivity index (χ1) is 3.48. The smallest absolute Gasteiger partial charge is 0.159 e. The summed E-state index contributed by atoms with van der Waals surface area (Å²) < 4.78 is 0. The summed E-state index contributed by atoms with van der Waals surface area (Å²) in [6, 6.07) is 0. The molecule has 0 N–H and O–H groups in total. The molecule has 0 spiro atoms. The largest absolute Gasteiger partial charge is 0.167 e. The SMILES string of the molecule is C[B]C(Cl)[Si](C)(C)Cl. The van der Waals surface area contributed by atoms with Gasteiger partial charge >= 0.3 is 0 Å². The molecule has 0 aromatic carbocycles. The molecule has 0 aliphatic heterocycles. The molecule has 0 saturated carbocycles. The molecule has 0 nitrogen and oxygen atoms in total. The highest BCUT2D eigenvalue weighted by molar-refractivity contribution is 7.25. The van der Waals surface area contributed by atoms with Crippen LogP contribution in [0.4, 0.5) is 0 Å². The monoisotopic (exact) mass is 167 g/mol. The second-order valence-corrected chi connectivity index (χ2v) is 9.81. The van der Waals surface area contributed by atoms with Crippen LogP contribution in [0.25, 0.3) is 0 Å². The summed E-state index contributed by atoms with van der Waals surface area (Å²) in [5.74, 6) is 0. The van der Waals surface area contributed by atoms with Gasteiger partial charge in [-0.25, -0.2) is 0 Å². The third kappa shape index (κ3) is 3.00. The van der Waals surface area contributed by atoms with Crippen LogP contribution in [0.5, 0.6) is 0 Å². The van der Waals surface area contributed by atoms with Crippen LogP contribution in [0.1, 0.15) is 0 Å². The van der Waals surface area contributed by atoms with Crippen LogP contribution in [-0.2, 0) is 0 Å². The van der Waals surface area contributed by atoms with Gasteiger partial charge in [0.05, 0.1) is 0 Å². The highest BCUT2D eigenvalue weighted by Crippen LogP contribution is 2.17. The molecule has 0 aromatic heterocycles. The predicted molar refractivity (Wildman–Crippen MR) is 44.6 cm³/mol. The normalized spacial score (nSPS) is 15.6. The van der Waals surface area contributed by atoms with Crippen LogP contribution >= 0.6 is 22.7 Å². The van der Waals surface area contributed by atoms with Crippen molar-refractivity contribution in [3.63, 3.8) is 0 Å². The van der Waals surface area contributed by atoms with Gasteiger partial charge in [0.1, 0.15) is 7.28 Å². The van der Waals surface area contributed by atoms with Crippen molar-refractivity contribution >= 4 is 37.3 Å². The van der Waals surface area contributed by atoms with Gasteiger partial charge in [-0.05, 0) is 0 Å². The van der Waals surface area contributed by atoms with Crippen molar-refractivity contribution < 1.29 is 0 Å². The minimum absolute atomic E-state index is 0.101. The topological polar surface area (TPSA) is 0 Å². The Bertz CT molecular complexity index is 70.9. The van der Waals surface area contributed by atoms with Crippen molar-refractivity contribution in [3.8, 4) is 0 Å². The maximum Gasteiger partial charge on any atom is 0.159 e. The lowest BCUT2D eigenvalue weighted by Crippen LogP contribution is -2.34. The van der Waals surface area contributed by atoms with Crippen LogP contribution in [0.3, 0.4) is 0 Å². The Hall–Kier alpha value is 0.862. The van der Waals surface area contributed by atoms with Crippen molar-refractivity contribution in [1.29, 1.82) is 0 Å². The molecule has 0 fully saturated rings. The number of hydrogen-bond donors (Lipinski definition) is 0. The Labute approximate surface area is 62.5 Å². The van der Waals surface area contributed by atoms with Gasteiger partial charge in [-0.3, -0.25) is 0 Å². The average Bonchev–Trinajstić information content (AvgIpc) is 1.62. The van der Waals surface area contributed by atoms with E-state index in [0.29, 0.717) is 0 Å². The lowest BCUT2D eigenvalue weighted by Gasteiger charge is -2.17. The van der Waals surface area contributed by atoms with Gasteiger partial charge in [0, 0.05) is 4.90 Å². The first-order valence-electron chi connectivity index (χ1n) is 2.61. The van der Waals surface area contributed by atoms with Gasteiger partial charge in [0.2, 0.25) is 0 Å². The summed E-state index contributed by atoms with van der Waals surface area (Å²) in [5, 5.41) is 0. The maximum absolute atomic E-state index is 5.96. The van der Waals surface area contributed by atoms with Crippen LogP contribution < -0.4 is 0 Å². The zero-order valence-corrected chi connectivity index (χ0v) is 7.92. The zero-order chi connectivity index (χ0) is 6.78. The molecule has 0 saturated heterocycles. The fraction of sp³-hybridized carbons (Fsp3) is 1.00. The maximum atomic E-state index is 5.96. The summed E-state index contributed by atoms with van der Waals surface area (Å²) in [5.41, 5.74) is 0. The molecule has 1 atom stereocenters. The zero-order valence-electron chi connectivity index (χ0n) is 5.41. The molecule has 0 heterocycles. The van der Waals surface area contributed by atoms with Gasteiger partial charge in [0.25, 0.3) is 0 Å². The quantitative estimate of drug-likeness (QED) is 0.337. The number of hydrogen-bond acceptors (Lipinski definition) is 0. The molecule has 0 amide bonds. The fourth-order valence-electron chi connectivity index (χ4n) is 0.396. The molecular formula is C4H10BCl2Si. The van der Waals surface area contributed by atoms with Crippen molar-refractivity contribution in [2.45, 2.75) is 24.8 Å². The Morgan fingerprint density at radius 3 is 1.88 bits per heavy atom.